The molecule has 2 N–H and O–H groups in total. The summed E-state index contributed by atoms with van der Waals surface area (Å²) in [5.41, 5.74) is 2.41. The first kappa shape index (κ1) is 18.1. The molecule has 1 aromatic heterocycles. The number of nitrogens with one attached hydrogen (secondary N) is 2. The maximum atomic E-state index is 12.7. The summed E-state index contributed by atoms with van der Waals surface area (Å²) in [5, 5.41) is 4.36. The van der Waals surface area contributed by atoms with Gasteiger partial charge >= 0.3 is 0 Å². The molecule has 7 heteroatoms. The van der Waals surface area contributed by atoms with Crippen molar-refractivity contribution in [3.05, 3.63) is 50.9 Å². The summed E-state index contributed by atoms with van der Waals surface area (Å²) in [7, 11) is -0.775. The van der Waals surface area contributed by atoms with Crippen molar-refractivity contribution in [1.82, 2.24) is 9.78 Å². The Hall–Kier alpha value is -2.28. The lowest BCUT2D eigenvalue weighted by molar-refractivity contribution is 0.103. The van der Waals surface area contributed by atoms with Gasteiger partial charge in [-0.15, -0.1) is 0 Å². The Labute approximate surface area is 142 Å². The summed E-state index contributed by atoms with van der Waals surface area (Å²) >= 11 is 0. The number of hydrogen-bond donors (Lipinski definition) is 2. The number of aromatic amines is 1. The number of ketones is 1. The van der Waals surface area contributed by atoms with Gasteiger partial charge in [0.2, 0.25) is 5.78 Å². The molecule has 24 heavy (non-hydrogen) atoms. The maximum absolute atomic E-state index is 12.7. The van der Waals surface area contributed by atoms with E-state index < -0.39 is 9.71 Å². The Kier molecular flexibility index (Phi) is 5.03. The van der Waals surface area contributed by atoms with Crippen LogP contribution in [-0.2, 0) is 16.8 Å². The first-order chi connectivity index (χ1) is 11.2. The van der Waals surface area contributed by atoms with Gasteiger partial charge < -0.3 is 9.82 Å². The van der Waals surface area contributed by atoms with Crippen molar-refractivity contribution < 1.29 is 9.00 Å². The summed E-state index contributed by atoms with van der Waals surface area (Å²) in [5.74, 6) is 0.111. The zero-order chi connectivity index (χ0) is 18.1. The molecule has 0 fully saturated rings. The van der Waals surface area contributed by atoms with E-state index in [2.05, 4.69) is 9.82 Å². The number of hydrogen-bond acceptors (Lipinski definition) is 3. The van der Waals surface area contributed by atoms with Crippen molar-refractivity contribution in [3.8, 4) is 0 Å². The van der Waals surface area contributed by atoms with Gasteiger partial charge in [0.25, 0.3) is 5.56 Å². The molecule has 6 nitrogen and oxygen atoms in total. The van der Waals surface area contributed by atoms with Crippen LogP contribution in [0.4, 0.5) is 5.69 Å². The normalized spacial score (nSPS) is 13.4. The number of benzene rings is 1. The van der Waals surface area contributed by atoms with Crippen LogP contribution in [-0.4, -0.2) is 30.9 Å². The molecule has 0 amide bonds. The number of rotatable bonds is 5. The minimum Gasteiger partial charge on any atom is -0.312 e. The summed E-state index contributed by atoms with van der Waals surface area (Å²) in [6.07, 6.45) is 1.41. The molecule has 1 aromatic carbocycles. The van der Waals surface area contributed by atoms with E-state index in [1.54, 1.807) is 38.4 Å². The second kappa shape index (κ2) is 6.68. The average molecular weight is 349 g/mol. The number of aromatic nitrogens is 2. The molecule has 1 unspecified atom stereocenters. The quantitative estimate of drug-likeness (QED) is 0.640. The molecule has 2 aromatic rings. The fourth-order valence-electron chi connectivity index (χ4n) is 2.49. The van der Waals surface area contributed by atoms with Crippen molar-refractivity contribution in [2.75, 3.05) is 10.5 Å². The third kappa shape index (κ3) is 3.17. The molecule has 0 radical (unpaired) electrons. The molecule has 1 atom stereocenters. The van der Waals surface area contributed by atoms with Crippen molar-refractivity contribution in [3.63, 3.8) is 0 Å². The standard InChI is InChI=1S/C17H23N3O3S/c1-6-24(23,7-2)19-15-11(3)8-9-13(12(15)4)16(21)14-10-18-20(5)17(14)22/h6,8-10,18H,7H2,1-5H3,(H,19,23). The zero-order valence-electron chi connectivity index (χ0n) is 14.6. The second-order valence-electron chi connectivity index (χ2n) is 5.66. The van der Waals surface area contributed by atoms with E-state index in [4.69, 9.17) is 0 Å². The number of nitrogens with zero attached hydrogens (tertiary/aromatic N) is 1. The summed E-state index contributed by atoms with van der Waals surface area (Å²) in [6.45, 7) is 7.29. The van der Waals surface area contributed by atoms with E-state index in [1.165, 1.54) is 10.9 Å². The van der Waals surface area contributed by atoms with Crippen molar-refractivity contribution >= 4 is 26.5 Å². The topological polar surface area (TPSA) is 84.0 Å². The SMILES string of the molecule is CC=S(=O)(CC)Nc1c(C)ccc(C(=O)c2c[nH]n(C)c2=O)c1C. The van der Waals surface area contributed by atoms with Crippen LogP contribution in [0.1, 0.15) is 40.9 Å². The maximum Gasteiger partial charge on any atom is 0.277 e. The van der Waals surface area contributed by atoms with Gasteiger partial charge in [0.05, 0.1) is 5.69 Å². The van der Waals surface area contributed by atoms with Gasteiger partial charge in [0.1, 0.15) is 5.56 Å². The molecular formula is C17H23N3O3S. The van der Waals surface area contributed by atoms with Gasteiger partial charge in [-0.05, 0) is 37.3 Å². The smallest absolute Gasteiger partial charge is 0.277 e. The predicted octanol–water partition coefficient (Wildman–Crippen LogP) is 2.01. The summed E-state index contributed by atoms with van der Waals surface area (Å²) < 4.78 is 17.0. The number of anilines is 1. The minimum atomic E-state index is -2.33. The summed E-state index contributed by atoms with van der Waals surface area (Å²) in [6, 6.07) is 3.50. The molecule has 0 saturated heterocycles. The Morgan fingerprint density at radius 3 is 2.50 bits per heavy atom. The third-order valence-corrected chi connectivity index (χ3v) is 6.35. The number of aryl methyl sites for hydroxylation is 2. The molecule has 0 saturated carbocycles. The van der Waals surface area contributed by atoms with E-state index in [0.29, 0.717) is 22.6 Å². The molecular weight excluding hydrogens is 326 g/mol. The van der Waals surface area contributed by atoms with E-state index in [-0.39, 0.29) is 16.9 Å². The van der Waals surface area contributed by atoms with Crippen LogP contribution in [0.25, 0.3) is 0 Å². The highest BCUT2D eigenvalue weighted by Crippen LogP contribution is 2.26. The molecule has 0 aliphatic carbocycles. The Bertz CT molecular complexity index is 960. The highest BCUT2D eigenvalue weighted by molar-refractivity contribution is 8.02. The molecule has 0 spiro atoms. The highest BCUT2D eigenvalue weighted by atomic mass is 32.2. The Balaban J connectivity index is 2.57. The molecule has 130 valence electrons. The Morgan fingerprint density at radius 2 is 2.00 bits per heavy atom. The van der Waals surface area contributed by atoms with Crippen LogP contribution >= 0.6 is 0 Å². The van der Waals surface area contributed by atoms with Gasteiger partial charge in [-0.1, -0.05) is 19.1 Å². The molecule has 2 rings (SSSR count). The molecule has 0 bridgehead atoms. The van der Waals surface area contributed by atoms with Gasteiger partial charge in [-0.3, -0.25) is 14.3 Å². The Morgan fingerprint density at radius 1 is 1.33 bits per heavy atom. The van der Waals surface area contributed by atoms with Crippen molar-refractivity contribution in [2.24, 2.45) is 7.05 Å². The monoisotopic (exact) mass is 349 g/mol. The third-order valence-electron chi connectivity index (χ3n) is 4.18. The van der Waals surface area contributed by atoms with Crippen LogP contribution < -0.4 is 10.3 Å². The van der Waals surface area contributed by atoms with Crippen LogP contribution in [0.15, 0.2) is 23.1 Å². The van der Waals surface area contributed by atoms with Crippen LogP contribution in [0.5, 0.6) is 0 Å². The van der Waals surface area contributed by atoms with Crippen molar-refractivity contribution in [1.29, 1.82) is 0 Å². The van der Waals surface area contributed by atoms with Crippen LogP contribution in [0.2, 0.25) is 0 Å². The fourth-order valence-corrected chi connectivity index (χ4v) is 3.75. The van der Waals surface area contributed by atoms with Gasteiger partial charge in [-0.25, -0.2) is 4.21 Å². The summed E-state index contributed by atoms with van der Waals surface area (Å²) in [4.78, 5) is 24.7. The molecule has 0 aliphatic heterocycles. The van der Waals surface area contributed by atoms with Crippen LogP contribution in [0.3, 0.4) is 0 Å². The first-order valence-electron chi connectivity index (χ1n) is 7.72. The van der Waals surface area contributed by atoms with E-state index in [0.717, 1.165) is 5.56 Å². The number of carbonyl (C=O) groups excluding carboxylic acids is 1. The predicted molar refractivity (Wildman–Crippen MR) is 99.4 cm³/mol. The number of carbonyl (C=O) groups is 1. The lowest BCUT2D eigenvalue weighted by Crippen LogP contribution is -2.21. The first-order valence-corrected chi connectivity index (χ1v) is 9.51. The van der Waals surface area contributed by atoms with Gasteiger partial charge in [0, 0.05) is 34.3 Å². The molecule has 0 aliphatic rings. The minimum absolute atomic E-state index is 0.0914. The molecule has 1 heterocycles. The van der Waals surface area contributed by atoms with E-state index in [1.807, 2.05) is 13.8 Å². The van der Waals surface area contributed by atoms with Crippen LogP contribution in [0, 0.1) is 13.8 Å². The van der Waals surface area contributed by atoms with E-state index >= 15 is 0 Å². The fraction of sp³-hybridized carbons (Fsp3) is 0.353. The highest BCUT2D eigenvalue weighted by Gasteiger charge is 2.20. The van der Waals surface area contributed by atoms with Crippen molar-refractivity contribution in [2.45, 2.75) is 27.7 Å². The van der Waals surface area contributed by atoms with Gasteiger partial charge in [0.15, 0.2) is 0 Å². The second-order valence-corrected chi connectivity index (χ2v) is 8.37. The van der Waals surface area contributed by atoms with Gasteiger partial charge in [-0.2, -0.15) is 0 Å². The number of H-pyrrole nitrogens is 1. The average Bonchev–Trinajstić information content (AvgIpc) is 2.90. The largest absolute Gasteiger partial charge is 0.312 e. The zero-order valence-corrected chi connectivity index (χ0v) is 15.4. The lowest BCUT2D eigenvalue weighted by Gasteiger charge is -2.18. The van der Waals surface area contributed by atoms with E-state index in [9.17, 15) is 13.8 Å². The lowest BCUT2D eigenvalue weighted by atomic mass is 9.97.